The van der Waals surface area contributed by atoms with Crippen LogP contribution in [0.5, 0.6) is 5.75 Å². The highest BCUT2D eigenvalue weighted by atomic mass is 19.3. The summed E-state index contributed by atoms with van der Waals surface area (Å²) in [5, 5.41) is 12.6. The number of aliphatic hydroxyl groups excluding tert-OH is 1. The molecule has 1 aromatic carbocycles. The lowest BCUT2D eigenvalue weighted by atomic mass is 9.84. The molecule has 1 saturated heterocycles. The number of alkyl halides is 2. The highest BCUT2D eigenvalue weighted by Gasteiger charge is 2.33. The molecule has 1 heterocycles. The maximum absolute atomic E-state index is 12.4. The van der Waals surface area contributed by atoms with Gasteiger partial charge in [0.15, 0.2) is 0 Å². The number of aliphatic hydroxyl groups is 1. The van der Waals surface area contributed by atoms with E-state index in [9.17, 15) is 13.9 Å². The predicted octanol–water partition coefficient (Wildman–Crippen LogP) is 2.78. The van der Waals surface area contributed by atoms with Crippen molar-refractivity contribution in [1.29, 1.82) is 0 Å². The highest BCUT2D eigenvalue weighted by Crippen LogP contribution is 2.31. The van der Waals surface area contributed by atoms with Crippen LogP contribution < -0.4 is 10.1 Å². The molecule has 0 amide bonds. The molecule has 6 heteroatoms. The van der Waals surface area contributed by atoms with Gasteiger partial charge in [0, 0.05) is 31.7 Å². The Hall–Kier alpha value is -1.24. The summed E-state index contributed by atoms with van der Waals surface area (Å²) in [7, 11) is 0. The number of hydrogen-bond acceptors (Lipinski definition) is 4. The first-order valence-electron chi connectivity index (χ1n) is 7.90. The van der Waals surface area contributed by atoms with E-state index in [1.807, 2.05) is 12.1 Å². The van der Waals surface area contributed by atoms with Crippen LogP contribution in [0, 0.1) is 19.3 Å². The van der Waals surface area contributed by atoms with Gasteiger partial charge in [-0.25, -0.2) is 0 Å². The molecule has 1 aliphatic rings. The molecule has 0 bridgehead atoms. The van der Waals surface area contributed by atoms with Crippen molar-refractivity contribution in [3.05, 3.63) is 28.8 Å². The molecule has 1 fully saturated rings. The summed E-state index contributed by atoms with van der Waals surface area (Å²) in [4.78, 5) is 0. The summed E-state index contributed by atoms with van der Waals surface area (Å²) in [5.41, 5.74) is 2.44. The van der Waals surface area contributed by atoms with Crippen molar-refractivity contribution in [3.8, 4) is 5.75 Å². The Labute approximate surface area is 135 Å². The molecule has 0 aliphatic carbocycles. The zero-order valence-electron chi connectivity index (χ0n) is 13.7. The molecule has 4 nitrogen and oxygen atoms in total. The molecule has 0 radical (unpaired) electrons. The van der Waals surface area contributed by atoms with Gasteiger partial charge in [-0.05, 0) is 43.4 Å². The normalized spacial score (nSPS) is 21.1. The van der Waals surface area contributed by atoms with E-state index in [0.29, 0.717) is 24.3 Å². The number of rotatable bonds is 8. The fraction of sp³-hybridized carbons (Fsp3) is 0.647. The number of hydrogen-bond donors (Lipinski definition) is 2. The lowest BCUT2D eigenvalue weighted by Gasteiger charge is -2.27. The van der Waals surface area contributed by atoms with E-state index < -0.39 is 6.61 Å². The standard InChI is InChI=1S/C17H25F2NO3/c1-12-7-14(8-13(2)15(12)23-16(18)19)9-20-10-17(3-5-21)4-6-22-11-17/h7-8,16,20-21H,3-6,9-11H2,1-2H3. The summed E-state index contributed by atoms with van der Waals surface area (Å²) < 4.78 is 34.8. The Bertz CT molecular complexity index is 494. The molecule has 0 spiro atoms. The third-order valence-corrected chi connectivity index (χ3v) is 4.38. The summed E-state index contributed by atoms with van der Waals surface area (Å²) in [6, 6.07) is 3.73. The molecular formula is C17H25F2NO3. The van der Waals surface area contributed by atoms with Gasteiger partial charge in [0.05, 0.1) is 6.61 Å². The Morgan fingerprint density at radius 1 is 1.35 bits per heavy atom. The zero-order valence-corrected chi connectivity index (χ0v) is 13.7. The molecule has 1 aliphatic heterocycles. The van der Waals surface area contributed by atoms with Crippen LogP contribution in [0.15, 0.2) is 12.1 Å². The summed E-state index contributed by atoms with van der Waals surface area (Å²) >= 11 is 0. The van der Waals surface area contributed by atoms with E-state index in [2.05, 4.69) is 10.1 Å². The molecule has 0 saturated carbocycles. The Kier molecular flexibility index (Phi) is 6.33. The third-order valence-electron chi connectivity index (χ3n) is 4.38. The minimum absolute atomic E-state index is 0.00241. The highest BCUT2D eigenvalue weighted by molar-refractivity contribution is 5.43. The van der Waals surface area contributed by atoms with E-state index in [1.54, 1.807) is 13.8 Å². The smallest absolute Gasteiger partial charge is 0.387 e. The van der Waals surface area contributed by atoms with Crippen molar-refractivity contribution >= 4 is 0 Å². The van der Waals surface area contributed by atoms with Crippen LogP contribution >= 0.6 is 0 Å². The molecule has 2 N–H and O–H groups in total. The molecule has 130 valence electrons. The van der Waals surface area contributed by atoms with E-state index in [1.165, 1.54) is 0 Å². The monoisotopic (exact) mass is 329 g/mol. The van der Waals surface area contributed by atoms with E-state index in [4.69, 9.17) is 4.74 Å². The van der Waals surface area contributed by atoms with Crippen LogP contribution in [-0.4, -0.2) is 38.1 Å². The Morgan fingerprint density at radius 2 is 2.04 bits per heavy atom. The van der Waals surface area contributed by atoms with Crippen molar-refractivity contribution in [2.45, 2.75) is 39.8 Å². The first kappa shape index (κ1) is 18.1. The second-order valence-corrected chi connectivity index (χ2v) is 6.32. The Balaban J connectivity index is 1.95. The molecule has 1 atom stereocenters. The molecule has 2 rings (SSSR count). The first-order chi connectivity index (χ1) is 11.0. The lowest BCUT2D eigenvalue weighted by molar-refractivity contribution is -0.0507. The summed E-state index contributed by atoms with van der Waals surface area (Å²) in [6.07, 6.45) is 1.67. The maximum Gasteiger partial charge on any atom is 0.387 e. The van der Waals surface area contributed by atoms with Gasteiger partial charge in [-0.15, -0.1) is 0 Å². The topological polar surface area (TPSA) is 50.7 Å². The fourth-order valence-electron chi connectivity index (χ4n) is 3.20. The van der Waals surface area contributed by atoms with Gasteiger partial charge in [-0.2, -0.15) is 8.78 Å². The van der Waals surface area contributed by atoms with Gasteiger partial charge in [-0.3, -0.25) is 0 Å². The van der Waals surface area contributed by atoms with Gasteiger partial charge in [0.25, 0.3) is 0 Å². The zero-order chi connectivity index (χ0) is 16.9. The number of aryl methyl sites for hydroxylation is 2. The second kappa shape index (κ2) is 8.04. The molecule has 1 aromatic rings. The summed E-state index contributed by atoms with van der Waals surface area (Å²) in [6.45, 7) is 3.70. The van der Waals surface area contributed by atoms with E-state index in [-0.39, 0.29) is 17.8 Å². The lowest BCUT2D eigenvalue weighted by Crippen LogP contribution is -2.35. The number of ether oxygens (including phenoxy) is 2. The van der Waals surface area contributed by atoms with Crippen LogP contribution in [0.4, 0.5) is 8.78 Å². The quantitative estimate of drug-likeness (QED) is 0.770. The second-order valence-electron chi connectivity index (χ2n) is 6.32. The number of halogens is 2. The fourth-order valence-corrected chi connectivity index (χ4v) is 3.20. The van der Waals surface area contributed by atoms with Crippen molar-refractivity contribution in [3.63, 3.8) is 0 Å². The molecule has 1 unspecified atom stereocenters. The van der Waals surface area contributed by atoms with Gasteiger partial charge in [0.1, 0.15) is 5.75 Å². The van der Waals surface area contributed by atoms with Crippen LogP contribution in [0.2, 0.25) is 0 Å². The van der Waals surface area contributed by atoms with Crippen molar-refractivity contribution in [2.75, 3.05) is 26.4 Å². The van der Waals surface area contributed by atoms with E-state index >= 15 is 0 Å². The van der Waals surface area contributed by atoms with Gasteiger partial charge in [0.2, 0.25) is 0 Å². The number of nitrogens with one attached hydrogen (secondary N) is 1. The first-order valence-corrected chi connectivity index (χ1v) is 7.90. The van der Waals surface area contributed by atoms with Crippen LogP contribution in [0.25, 0.3) is 0 Å². The van der Waals surface area contributed by atoms with Gasteiger partial charge in [-0.1, -0.05) is 12.1 Å². The average Bonchev–Trinajstić information content (AvgIpc) is 2.92. The molecular weight excluding hydrogens is 304 g/mol. The average molecular weight is 329 g/mol. The van der Waals surface area contributed by atoms with Crippen LogP contribution in [0.1, 0.15) is 29.5 Å². The van der Waals surface area contributed by atoms with E-state index in [0.717, 1.165) is 31.6 Å². The molecule has 23 heavy (non-hydrogen) atoms. The third kappa shape index (κ3) is 4.86. The number of benzene rings is 1. The van der Waals surface area contributed by atoms with Crippen molar-refractivity contribution < 1.29 is 23.4 Å². The minimum atomic E-state index is -2.81. The molecule has 0 aromatic heterocycles. The van der Waals surface area contributed by atoms with Gasteiger partial charge < -0.3 is 19.9 Å². The largest absolute Gasteiger partial charge is 0.434 e. The van der Waals surface area contributed by atoms with Gasteiger partial charge >= 0.3 is 6.61 Å². The minimum Gasteiger partial charge on any atom is -0.434 e. The Morgan fingerprint density at radius 3 is 2.57 bits per heavy atom. The van der Waals surface area contributed by atoms with Crippen LogP contribution in [-0.2, 0) is 11.3 Å². The predicted molar refractivity (Wildman–Crippen MR) is 83.8 cm³/mol. The maximum atomic E-state index is 12.4. The summed E-state index contributed by atoms with van der Waals surface area (Å²) in [5.74, 6) is 0.254. The van der Waals surface area contributed by atoms with Crippen molar-refractivity contribution in [1.82, 2.24) is 5.32 Å². The van der Waals surface area contributed by atoms with Crippen molar-refractivity contribution in [2.24, 2.45) is 5.41 Å². The van der Waals surface area contributed by atoms with Crippen LogP contribution in [0.3, 0.4) is 0 Å². The SMILES string of the molecule is Cc1cc(CNCC2(CCO)CCOC2)cc(C)c1OC(F)F.